The summed E-state index contributed by atoms with van der Waals surface area (Å²) in [5.41, 5.74) is 4.24. The number of quaternary nitrogens is 1. The number of hydrazine groups is 1. The van der Waals surface area contributed by atoms with E-state index >= 15 is 0 Å². The molecule has 3 rings (SSSR count). The van der Waals surface area contributed by atoms with Crippen LogP contribution in [0.2, 0.25) is 0 Å². The molecule has 0 aliphatic carbocycles. The third kappa shape index (κ3) is 5.04. The van der Waals surface area contributed by atoms with Gasteiger partial charge in [-0.15, -0.1) is 23.5 Å². The molecule has 0 aromatic heterocycles. The molecule has 1 aromatic rings. The van der Waals surface area contributed by atoms with Gasteiger partial charge in [-0.05, 0) is 17.7 Å². The van der Waals surface area contributed by atoms with Crippen LogP contribution in [0.3, 0.4) is 0 Å². The average Bonchev–Trinajstić information content (AvgIpc) is 3.10. The predicted octanol–water partition coefficient (Wildman–Crippen LogP) is 0.406. The third-order valence-corrected chi connectivity index (χ3v) is 7.15. The van der Waals surface area contributed by atoms with Crippen molar-refractivity contribution in [2.45, 2.75) is 4.58 Å². The summed E-state index contributed by atoms with van der Waals surface area (Å²) < 4.78 is 6.14. The molecule has 0 unspecified atom stereocenters. The maximum atomic E-state index is 12.0. The highest BCUT2D eigenvalue weighted by atomic mass is 32.2. The number of thioether (sulfide) groups is 2. The van der Waals surface area contributed by atoms with Gasteiger partial charge < -0.3 is 9.64 Å². The number of nitrogens with zero attached hydrogens (tertiary/aromatic N) is 1. The molecule has 2 aliphatic heterocycles. The zero-order chi connectivity index (χ0) is 16.1. The van der Waals surface area contributed by atoms with Gasteiger partial charge in [-0.2, -0.15) is 0 Å². The van der Waals surface area contributed by atoms with Crippen molar-refractivity contribution in [3.8, 4) is 5.75 Å². The Labute approximate surface area is 146 Å². The van der Waals surface area contributed by atoms with Crippen molar-refractivity contribution in [1.82, 2.24) is 10.4 Å². The van der Waals surface area contributed by atoms with Gasteiger partial charge in [0.15, 0.2) is 6.61 Å². The number of piperazine rings is 1. The van der Waals surface area contributed by atoms with Crippen LogP contribution in [0.4, 0.5) is 0 Å². The van der Waals surface area contributed by atoms with Gasteiger partial charge in [-0.1, -0.05) is 12.1 Å². The fourth-order valence-electron chi connectivity index (χ4n) is 2.63. The Hall–Kier alpha value is -0.890. The number of nitrogens with one attached hydrogen (secondary N) is 2. The van der Waals surface area contributed by atoms with Gasteiger partial charge in [0, 0.05) is 11.5 Å². The van der Waals surface area contributed by atoms with E-state index in [0.29, 0.717) is 4.58 Å². The minimum Gasteiger partial charge on any atom is -0.484 e. The van der Waals surface area contributed by atoms with E-state index in [1.807, 2.05) is 40.7 Å². The van der Waals surface area contributed by atoms with E-state index in [9.17, 15) is 4.79 Å². The Kier molecular flexibility index (Phi) is 6.10. The molecule has 0 saturated carbocycles. The summed E-state index contributed by atoms with van der Waals surface area (Å²) in [6.45, 7) is 3.96. The molecule has 2 heterocycles. The van der Waals surface area contributed by atoms with E-state index < -0.39 is 0 Å². The first-order valence-electron chi connectivity index (χ1n) is 8.02. The van der Waals surface area contributed by atoms with Gasteiger partial charge in [0.2, 0.25) is 0 Å². The standard InChI is InChI=1S/C16H23N3O2S2/c1-18-6-8-19(9-7-18)17-15(20)12-21-14-4-2-13(3-5-14)16-22-10-11-23-16/h2-5,16H,6-12H2,1H3,(H,17,20)/p+1. The molecular formula is C16H24N3O2S2+. The van der Waals surface area contributed by atoms with Crippen LogP contribution >= 0.6 is 23.5 Å². The van der Waals surface area contributed by atoms with E-state index in [-0.39, 0.29) is 12.5 Å². The highest BCUT2D eigenvalue weighted by Gasteiger charge is 2.19. The molecule has 1 aromatic carbocycles. The first-order chi connectivity index (χ1) is 11.2. The number of hydrogen-bond donors (Lipinski definition) is 2. The van der Waals surface area contributed by atoms with Crippen molar-refractivity contribution in [3.63, 3.8) is 0 Å². The zero-order valence-electron chi connectivity index (χ0n) is 13.4. The summed E-state index contributed by atoms with van der Waals surface area (Å²) in [5, 5.41) is 1.98. The van der Waals surface area contributed by atoms with Crippen molar-refractivity contribution in [2.24, 2.45) is 0 Å². The summed E-state index contributed by atoms with van der Waals surface area (Å²) in [4.78, 5) is 13.5. The summed E-state index contributed by atoms with van der Waals surface area (Å²) in [7, 11) is 2.18. The smallest absolute Gasteiger partial charge is 0.272 e. The first kappa shape index (κ1) is 17.0. The van der Waals surface area contributed by atoms with E-state index in [0.717, 1.165) is 31.9 Å². The summed E-state index contributed by atoms with van der Waals surface area (Å²) >= 11 is 3.98. The van der Waals surface area contributed by atoms with Crippen LogP contribution in [0.5, 0.6) is 5.75 Å². The molecule has 2 N–H and O–H groups in total. The van der Waals surface area contributed by atoms with Gasteiger partial charge >= 0.3 is 0 Å². The van der Waals surface area contributed by atoms with Gasteiger partial charge in [-0.3, -0.25) is 10.2 Å². The molecule has 7 heteroatoms. The summed E-state index contributed by atoms with van der Waals surface area (Å²) in [5.74, 6) is 3.11. The molecule has 23 heavy (non-hydrogen) atoms. The predicted molar refractivity (Wildman–Crippen MR) is 95.9 cm³/mol. The van der Waals surface area contributed by atoms with Gasteiger partial charge in [0.1, 0.15) is 5.75 Å². The molecule has 0 bridgehead atoms. The molecule has 0 radical (unpaired) electrons. The Bertz CT molecular complexity index is 513. The van der Waals surface area contributed by atoms with Crippen LogP contribution in [0, 0.1) is 0 Å². The number of hydrogen-bond acceptors (Lipinski definition) is 5. The topological polar surface area (TPSA) is 46.0 Å². The SMILES string of the molecule is C[NH+]1CCN(NC(=O)COc2ccc(C3SCCS3)cc2)CC1. The number of amides is 1. The molecule has 0 spiro atoms. The van der Waals surface area contributed by atoms with E-state index in [4.69, 9.17) is 4.74 Å². The summed E-state index contributed by atoms with van der Waals surface area (Å²) in [6.07, 6.45) is 0. The average molecular weight is 355 g/mol. The normalized spacial score (nSPS) is 20.6. The molecule has 0 atom stereocenters. The molecule has 126 valence electrons. The minimum absolute atomic E-state index is 0.0610. The number of benzene rings is 1. The Morgan fingerprint density at radius 3 is 2.57 bits per heavy atom. The van der Waals surface area contributed by atoms with E-state index in [1.54, 1.807) is 0 Å². The lowest BCUT2D eigenvalue weighted by Crippen LogP contribution is -3.12. The summed E-state index contributed by atoms with van der Waals surface area (Å²) in [6, 6.07) is 8.13. The maximum absolute atomic E-state index is 12.0. The molecule has 1 amide bonds. The number of carbonyl (C=O) groups is 1. The lowest BCUT2D eigenvalue weighted by Gasteiger charge is -2.29. The van der Waals surface area contributed by atoms with Crippen LogP contribution in [0.15, 0.2) is 24.3 Å². The maximum Gasteiger partial charge on any atom is 0.272 e. The highest BCUT2D eigenvalue weighted by Crippen LogP contribution is 2.45. The highest BCUT2D eigenvalue weighted by molar-refractivity contribution is 8.19. The molecule has 2 aliphatic rings. The quantitative estimate of drug-likeness (QED) is 0.802. The molecule has 2 fully saturated rings. The second-order valence-electron chi connectivity index (χ2n) is 5.91. The molecule has 5 nitrogen and oxygen atoms in total. The molecule has 2 saturated heterocycles. The second-order valence-corrected chi connectivity index (χ2v) is 8.63. The fraction of sp³-hybridized carbons (Fsp3) is 0.562. The van der Waals surface area contributed by atoms with Gasteiger partial charge in [0.05, 0.1) is 37.8 Å². The molecular weight excluding hydrogens is 330 g/mol. The van der Waals surface area contributed by atoms with Crippen molar-refractivity contribution in [2.75, 3.05) is 51.3 Å². The van der Waals surface area contributed by atoms with Crippen LogP contribution in [0.25, 0.3) is 0 Å². The van der Waals surface area contributed by atoms with Crippen molar-refractivity contribution < 1.29 is 14.4 Å². The van der Waals surface area contributed by atoms with Gasteiger partial charge in [-0.25, -0.2) is 5.01 Å². The lowest BCUT2D eigenvalue weighted by molar-refractivity contribution is -0.884. The van der Waals surface area contributed by atoms with Gasteiger partial charge in [0.25, 0.3) is 5.91 Å². The second kappa shape index (κ2) is 8.28. The van der Waals surface area contributed by atoms with Crippen molar-refractivity contribution in [3.05, 3.63) is 29.8 Å². The van der Waals surface area contributed by atoms with Crippen LogP contribution in [-0.4, -0.2) is 62.3 Å². The van der Waals surface area contributed by atoms with Crippen molar-refractivity contribution in [1.29, 1.82) is 0 Å². The number of carbonyl (C=O) groups excluding carboxylic acids is 1. The van der Waals surface area contributed by atoms with Crippen LogP contribution in [-0.2, 0) is 4.79 Å². The lowest BCUT2D eigenvalue weighted by atomic mass is 10.2. The Morgan fingerprint density at radius 2 is 1.91 bits per heavy atom. The monoisotopic (exact) mass is 354 g/mol. The number of rotatable bonds is 5. The van der Waals surface area contributed by atoms with E-state index in [2.05, 4.69) is 24.6 Å². The van der Waals surface area contributed by atoms with Crippen LogP contribution < -0.4 is 15.1 Å². The largest absolute Gasteiger partial charge is 0.484 e. The Balaban J connectivity index is 1.41. The number of ether oxygens (including phenoxy) is 1. The van der Waals surface area contributed by atoms with Crippen LogP contribution in [0.1, 0.15) is 10.1 Å². The number of likely N-dealkylation sites (N-methyl/N-ethyl adjacent to an activating group) is 1. The Morgan fingerprint density at radius 1 is 1.26 bits per heavy atom. The zero-order valence-corrected chi connectivity index (χ0v) is 15.0. The first-order valence-corrected chi connectivity index (χ1v) is 10.1. The minimum atomic E-state index is -0.0875. The van der Waals surface area contributed by atoms with E-state index in [1.165, 1.54) is 22.0 Å². The van der Waals surface area contributed by atoms with Crippen molar-refractivity contribution >= 4 is 29.4 Å². The third-order valence-electron chi connectivity index (χ3n) is 4.04. The fourth-order valence-corrected chi connectivity index (χ4v) is 5.49.